The molecular formula is C20H20N4O2. The van der Waals surface area contributed by atoms with E-state index in [9.17, 15) is 4.79 Å². The third kappa shape index (κ3) is 2.83. The van der Waals surface area contributed by atoms with Crippen LogP contribution in [0.15, 0.2) is 47.0 Å². The number of benzene rings is 1. The third-order valence-electron chi connectivity index (χ3n) is 4.20. The Morgan fingerprint density at radius 2 is 2.04 bits per heavy atom. The minimum Gasteiger partial charge on any atom is -0.439 e. The van der Waals surface area contributed by atoms with E-state index in [1.165, 1.54) is 0 Å². The molecule has 6 nitrogen and oxygen atoms in total. The van der Waals surface area contributed by atoms with Gasteiger partial charge in [-0.2, -0.15) is 0 Å². The van der Waals surface area contributed by atoms with Crippen molar-refractivity contribution in [3.63, 3.8) is 0 Å². The third-order valence-corrected chi connectivity index (χ3v) is 4.20. The summed E-state index contributed by atoms with van der Waals surface area (Å²) in [7, 11) is 0. The van der Waals surface area contributed by atoms with E-state index in [1.807, 2.05) is 40.9 Å². The van der Waals surface area contributed by atoms with E-state index in [0.29, 0.717) is 28.8 Å². The Morgan fingerprint density at radius 1 is 1.19 bits per heavy atom. The van der Waals surface area contributed by atoms with Crippen molar-refractivity contribution >= 4 is 28.2 Å². The van der Waals surface area contributed by atoms with Crippen molar-refractivity contribution in [1.82, 2.24) is 14.4 Å². The molecule has 0 fully saturated rings. The molecule has 3 aromatic heterocycles. The van der Waals surface area contributed by atoms with E-state index in [2.05, 4.69) is 29.1 Å². The Hall–Kier alpha value is -3.15. The topological polar surface area (TPSA) is 72.4 Å². The fourth-order valence-corrected chi connectivity index (χ4v) is 3.12. The Labute approximate surface area is 150 Å². The van der Waals surface area contributed by atoms with Gasteiger partial charge in [-0.1, -0.05) is 26.0 Å². The van der Waals surface area contributed by atoms with E-state index in [0.717, 1.165) is 23.3 Å². The first-order valence-electron chi connectivity index (χ1n) is 8.66. The van der Waals surface area contributed by atoms with Gasteiger partial charge in [-0.15, -0.1) is 0 Å². The zero-order valence-corrected chi connectivity index (χ0v) is 15.0. The molecule has 0 aliphatic rings. The highest BCUT2D eigenvalue weighted by molar-refractivity contribution is 6.10. The molecular weight excluding hydrogens is 328 g/mol. The van der Waals surface area contributed by atoms with Gasteiger partial charge in [-0.25, -0.2) is 9.97 Å². The number of aromatic nitrogens is 3. The van der Waals surface area contributed by atoms with Gasteiger partial charge in [-0.05, 0) is 30.2 Å². The molecule has 1 aromatic carbocycles. The number of nitrogens with one attached hydrogen (secondary N) is 1. The predicted octanol–water partition coefficient (Wildman–Crippen LogP) is 4.23. The zero-order chi connectivity index (χ0) is 18.3. The number of anilines is 1. The first-order valence-corrected chi connectivity index (χ1v) is 8.66. The number of aryl methyl sites for hydroxylation is 1. The Balaban J connectivity index is 1.74. The number of carbonyl (C=O) groups excluding carboxylic acids is 1. The first-order chi connectivity index (χ1) is 12.5. The lowest BCUT2D eigenvalue weighted by Crippen LogP contribution is -2.13. The van der Waals surface area contributed by atoms with Gasteiger partial charge in [0, 0.05) is 19.5 Å². The number of nitrogens with zero attached hydrogens (tertiary/aromatic N) is 3. The molecule has 0 saturated heterocycles. The molecule has 1 N–H and O–H groups in total. The Morgan fingerprint density at radius 3 is 2.85 bits per heavy atom. The highest BCUT2D eigenvalue weighted by atomic mass is 16.3. The number of fused-ring (bicyclic) bond motifs is 2. The molecule has 6 heteroatoms. The quantitative estimate of drug-likeness (QED) is 0.599. The molecule has 3 heterocycles. The van der Waals surface area contributed by atoms with Gasteiger partial charge in [-0.3, -0.25) is 4.79 Å². The lowest BCUT2D eigenvalue weighted by molar-refractivity contribution is 0.102. The van der Waals surface area contributed by atoms with Gasteiger partial charge in [0.15, 0.2) is 17.2 Å². The molecule has 0 bridgehead atoms. The van der Waals surface area contributed by atoms with E-state index in [-0.39, 0.29) is 5.91 Å². The van der Waals surface area contributed by atoms with Crippen LogP contribution in [0.5, 0.6) is 0 Å². The summed E-state index contributed by atoms with van der Waals surface area (Å²) in [6.45, 7) is 6.06. The van der Waals surface area contributed by atoms with Crippen LogP contribution < -0.4 is 5.32 Å². The summed E-state index contributed by atoms with van der Waals surface area (Å²) in [4.78, 5) is 21.8. The molecule has 4 rings (SSSR count). The normalized spacial score (nSPS) is 11.5. The lowest BCUT2D eigenvalue weighted by Gasteiger charge is -2.04. The van der Waals surface area contributed by atoms with E-state index >= 15 is 0 Å². The van der Waals surface area contributed by atoms with Crippen LogP contribution >= 0.6 is 0 Å². The van der Waals surface area contributed by atoms with Gasteiger partial charge in [0.05, 0.1) is 11.2 Å². The summed E-state index contributed by atoms with van der Waals surface area (Å²) in [5.41, 5.74) is 3.09. The number of rotatable bonds is 4. The van der Waals surface area contributed by atoms with Gasteiger partial charge < -0.3 is 14.1 Å². The molecule has 132 valence electrons. The molecule has 4 aromatic rings. The summed E-state index contributed by atoms with van der Waals surface area (Å²) in [6, 6.07) is 11.3. The van der Waals surface area contributed by atoms with Gasteiger partial charge in [0.2, 0.25) is 0 Å². The largest absolute Gasteiger partial charge is 0.439 e. The fraction of sp³-hybridized carbons (Fsp3) is 0.250. The van der Waals surface area contributed by atoms with E-state index in [4.69, 9.17) is 4.42 Å². The second kappa shape index (κ2) is 6.29. The summed E-state index contributed by atoms with van der Waals surface area (Å²) < 4.78 is 7.61. The minimum atomic E-state index is -0.259. The highest BCUT2D eigenvalue weighted by Gasteiger charge is 2.19. The maximum absolute atomic E-state index is 12.9. The monoisotopic (exact) mass is 348 g/mol. The highest BCUT2D eigenvalue weighted by Crippen LogP contribution is 2.25. The summed E-state index contributed by atoms with van der Waals surface area (Å²) in [5.74, 6) is 1.63. The van der Waals surface area contributed by atoms with Crippen molar-refractivity contribution in [3.05, 3.63) is 60.0 Å². The number of imidazole rings is 1. The minimum absolute atomic E-state index is 0.259. The second-order valence-corrected chi connectivity index (χ2v) is 6.77. The zero-order valence-electron chi connectivity index (χ0n) is 15.0. The van der Waals surface area contributed by atoms with Crippen LogP contribution in [0.25, 0.3) is 16.6 Å². The number of para-hydroxylation sites is 1. The number of amides is 1. The van der Waals surface area contributed by atoms with Crippen molar-refractivity contribution in [2.45, 2.75) is 27.2 Å². The standard InChI is InChI=1S/C20H20N4O2/c1-12(2)11-17-23-18(16-9-4-5-10-24(16)17)20(25)22-15-8-6-7-14-19(15)26-13(3)21-14/h4-10,12H,11H2,1-3H3,(H,22,25). The predicted molar refractivity (Wildman–Crippen MR) is 100 cm³/mol. The van der Waals surface area contributed by atoms with Crippen molar-refractivity contribution in [3.8, 4) is 0 Å². The van der Waals surface area contributed by atoms with Gasteiger partial charge in [0.1, 0.15) is 11.3 Å². The van der Waals surface area contributed by atoms with Crippen LogP contribution in [0.4, 0.5) is 5.69 Å². The molecule has 0 radical (unpaired) electrons. The maximum Gasteiger partial charge on any atom is 0.276 e. The molecule has 0 spiro atoms. The van der Waals surface area contributed by atoms with E-state index in [1.54, 1.807) is 13.0 Å². The molecule has 0 aliphatic carbocycles. The molecule has 26 heavy (non-hydrogen) atoms. The molecule has 0 atom stereocenters. The van der Waals surface area contributed by atoms with E-state index < -0.39 is 0 Å². The molecule has 0 unspecified atom stereocenters. The van der Waals surface area contributed by atoms with Crippen LogP contribution in [-0.4, -0.2) is 20.3 Å². The SMILES string of the molecule is Cc1nc2cccc(NC(=O)c3nc(CC(C)C)n4ccccc34)c2o1. The van der Waals surface area contributed by atoms with Crippen molar-refractivity contribution in [2.75, 3.05) is 5.32 Å². The van der Waals surface area contributed by atoms with Crippen LogP contribution in [0.2, 0.25) is 0 Å². The van der Waals surface area contributed by atoms with Crippen LogP contribution in [0, 0.1) is 12.8 Å². The molecule has 0 saturated carbocycles. The Kier molecular flexibility index (Phi) is 3.95. The second-order valence-electron chi connectivity index (χ2n) is 6.77. The summed E-state index contributed by atoms with van der Waals surface area (Å²) in [6.07, 6.45) is 2.74. The lowest BCUT2D eigenvalue weighted by atomic mass is 10.1. The average Bonchev–Trinajstić information content (AvgIpc) is 3.15. The number of hydrogen-bond donors (Lipinski definition) is 1. The number of pyridine rings is 1. The van der Waals surface area contributed by atoms with Crippen molar-refractivity contribution in [1.29, 1.82) is 0 Å². The van der Waals surface area contributed by atoms with Crippen LogP contribution in [-0.2, 0) is 6.42 Å². The van der Waals surface area contributed by atoms with Crippen molar-refractivity contribution < 1.29 is 9.21 Å². The van der Waals surface area contributed by atoms with Gasteiger partial charge >= 0.3 is 0 Å². The van der Waals surface area contributed by atoms with Crippen molar-refractivity contribution in [2.24, 2.45) is 5.92 Å². The number of oxazole rings is 1. The smallest absolute Gasteiger partial charge is 0.276 e. The summed E-state index contributed by atoms with van der Waals surface area (Å²) >= 11 is 0. The van der Waals surface area contributed by atoms with Crippen LogP contribution in [0.1, 0.15) is 36.1 Å². The van der Waals surface area contributed by atoms with Crippen LogP contribution in [0.3, 0.4) is 0 Å². The maximum atomic E-state index is 12.9. The fourth-order valence-electron chi connectivity index (χ4n) is 3.12. The number of carbonyl (C=O) groups is 1. The number of hydrogen-bond acceptors (Lipinski definition) is 4. The van der Waals surface area contributed by atoms with Gasteiger partial charge in [0.25, 0.3) is 5.91 Å². The average molecular weight is 348 g/mol. The summed E-state index contributed by atoms with van der Waals surface area (Å²) in [5, 5.41) is 2.92. The Bertz CT molecular complexity index is 1110. The first kappa shape index (κ1) is 16.3. The molecule has 1 amide bonds. The molecule has 0 aliphatic heterocycles.